The van der Waals surface area contributed by atoms with E-state index in [1.54, 1.807) is 35.1 Å². The Kier molecular flexibility index (Phi) is 3.76. The van der Waals surface area contributed by atoms with Crippen molar-refractivity contribution in [3.63, 3.8) is 0 Å². The van der Waals surface area contributed by atoms with Gasteiger partial charge in [-0.1, -0.05) is 6.07 Å². The van der Waals surface area contributed by atoms with Crippen molar-refractivity contribution in [3.8, 4) is 5.82 Å². The number of aryl methyl sites for hydroxylation is 2. The molecule has 0 aliphatic carbocycles. The molecule has 3 aromatic heterocycles. The molecule has 0 unspecified atom stereocenters. The molecule has 0 radical (unpaired) electrons. The fraction of sp³-hybridized carbons (Fsp3) is 0.105. The number of halogens is 1. The van der Waals surface area contributed by atoms with Crippen LogP contribution in [-0.2, 0) is 0 Å². The summed E-state index contributed by atoms with van der Waals surface area (Å²) in [4.78, 5) is 19.7. The molecule has 0 spiro atoms. The first-order valence-corrected chi connectivity index (χ1v) is 8.09. The average molecular weight is 349 g/mol. The molecule has 0 aliphatic heterocycles. The van der Waals surface area contributed by atoms with Crippen molar-refractivity contribution >= 4 is 22.5 Å². The minimum atomic E-state index is -0.367. The van der Waals surface area contributed by atoms with E-state index in [0.717, 1.165) is 11.4 Å². The maximum Gasteiger partial charge on any atom is 0.272 e. The van der Waals surface area contributed by atoms with E-state index in [4.69, 9.17) is 0 Å². The van der Waals surface area contributed by atoms with Crippen molar-refractivity contribution in [1.82, 2.24) is 19.7 Å². The monoisotopic (exact) mass is 349 g/mol. The van der Waals surface area contributed by atoms with Crippen LogP contribution in [0.25, 0.3) is 16.7 Å². The fourth-order valence-corrected chi connectivity index (χ4v) is 2.89. The number of benzene rings is 1. The fourth-order valence-electron chi connectivity index (χ4n) is 2.89. The summed E-state index contributed by atoms with van der Waals surface area (Å²) in [6, 6.07) is 11.7. The van der Waals surface area contributed by atoms with Gasteiger partial charge in [0.2, 0.25) is 0 Å². The van der Waals surface area contributed by atoms with Crippen LogP contribution >= 0.6 is 0 Å². The smallest absolute Gasteiger partial charge is 0.272 e. The Bertz CT molecular complexity index is 1110. The van der Waals surface area contributed by atoms with Gasteiger partial charge in [0.25, 0.3) is 5.91 Å². The van der Waals surface area contributed by atoms with E-state index in [2.05, 4.69) is 20.4 Å². The van der Waals surface area contributed by atoms with E-state index in [-0.39, 0.29) is 17.4 Å². The number of aromatic amines is 1. The van der Waals surface area contributed by atoms with Gasteiger partial charge in [0.15, 0.2) is 5.82 Å². The minimum Gasteiger partial charge on any atom is -0.350 e. The number of hydrogen-bond donors (Lipinski definition) is 2. The van der Waals surface area contributed by atoms with Gasteiger partial charge in [-0.15, -0.1) is 0 Å². The lowest BCUT2D eigenvalue weighted by atomic mass is 10.2. The normalized spacial score (nSPS) is 11.0. The zero-order valence-corrected chi connectivity index (χ0v) is 14.2. The SMILES string of the molecule is Cc1cc(C)n(-c2ccc(NC(=O)c3cc4c(F)cccc4[nH]3)cn2)n1. The number of nitrogens with one attached hydrogen (secondary N) is 2. The van der Waals surface area contributed by atoms with E-state index in [1.165, 1.54) is 12.1 Å². The van der Waals surface area contributed by atoms with Crippen LogP contribution in [0.3, 0.4) is 0 Å². The minimum absolute atomic E-state index is 0.285. The van der Waals surface area contributed by atoms with E-state index >= 15 is 0 Å². The Balaban J connectivity index is 1.55. The Hall–Kier alpha value is -3.48. The second-order valence-electron chi connectivity index (χ2n) is 6.08. The molecule has 7 heteroatoms. The van der Waals surface area contributed by atoms with Gasteiger partial charge >= 0.3 is 0 Å². The summed E-state index contributed by atoms with van der Waals surface area (Å²) in [5.74, 6) is -0.0590. The molecule has 3 heterocycles. The summed E-state index contributed by atoms with van der Waals surface area (Å²) in [7, 11) is 0. The van der Waals surface area contributed by atoms with Crippen molar-refractivity contribution in [2.45, 2.75) is 13.8 Å². The van der Waals surface area contributed by atoms with E-state index in [0.29, 0.717) is 22.4 Å². The molecule has 0 atom stereocenters. The van der Waals surface area contributed by atoms with Crippen LogP contribution in [0, 0.1) is 19.7 Å². The van der Waals surface area contributed by atoms with Crippen molar-refractivity contribution in [2.75, 3.05) is 5.32 Å². The van der Waals surface area contributed by atoms with E-state index in [1.807, 2.05) is 19.9 Å². The van der Waals surface area contributed by atoms with Crippen molar-refractivity contribution in [1.29, 1.82) is 0 Å². The Morgan fingerprint density at radius 2 is 2.04 bits per heavy atom. The summed E-state index contributed by atoms with van der Waals surface area (Å²) in [6.45, 7) is 3.87. The number of pyridine rings is 1. The number of carbonyl (C=O) groups excluding carboxylic acids is 1. The third kappa shape index (κ3) is 2.83. The van der Waals surface area contributed by atoms with Crippen LogP contribution in [0.4, 0.5) is 10.1 Å². The van der Waals surface area contributed by atoms with Gasteiger partial charge < -0.3 is 10.3 Å². The third-order valence-electron chi connectivity index (χ3n) is 4.09. The highest BCUT2D eigenvalue weighted by Gasteiger charge is 2.12. The summed E-state index contributed by atoms with van der Waals surface area (Å²) in [6.07, 6.45) is 1.56. The van der Waals surface area contributed by atoms with Crippen LogP contribution in [0.5, 0.6) is 0 Å². The number of H-pyrrole nitrogens is 1. The van der Waals surface area contributed by atoms with Crippen LogP contribution in [0.1, 0.15) is 21.9 Å². The van der Waals surface area contributed by atoms with Crippen LogP contribution in [0.2, 0.25) is 0 Å². The number of fused-ring (bicyclic) bond motifs is 1. The predicted molar refractivity (Wildman–Crippen MR) is 97.0 cm³/mol. The second kappa shape index (κ2) is 6.11. The number of anilines is 1. The highest BCUT2D eigenvalue weighted by Crippen LogP contribution is 2.20. The van der Waals surface area contributed by atoms with Gasteiger partial charge in [-0.25, -0.2) is 14.1 Å². The number of aromatic nitrogens is 4. The summed E-state index contributed by atoms with van der Waals surface area (Å²) < 4.78 is 15.5. The zero-order chi connectivity index (χ0) is 18.3. The lowest BCUT2D eigenvalue weighted by Crippen LogP contribution is -2.12. The van der Waals surface area contributed by atoms with E-state index < -0.39 is 0 Å². The first-order chi connectivity index (χ1) is 12.5. The number of nitrogens with zero attached hydrogens (tertiary/aromatic N) is 3. The zero-order valence-electron chi connectivity index (χ0n) is 14.2. The molecule has 0 bridgehead atoms. The van der Waals surface area contributed by atoms with Gasteiger partial charge in [0.05, 0.1) is 17.6 Å². The molecule has 130 valence electrons. The van der Waals surface area contributed by atoms with Crippen molar-refractivity contribution in [2.24, 2.45) is 0 Å². The van der Waals surface area contributed by atoms with Gasteiger partial charge in [0, 0.05) is 16.6 Å². The molecular weight excluding hydrogens is 333 g/mol. The maximum absolute atomic E-state index is 13.8. The van der Waals surface area contributed by atoms with Crippen LogP contribution in [-0.4, -0.2) is 25.7 Å². The average Bonchev–Trinajstić information content (AvgIpc) is 3.20. The Labute approximate surface area is 148 Å². The molecule has 26 heavy (non-hydrogen) atoms. The molecule has 6 nitrogen and oxygen atoms in total. The van der Waals surface area contributed by atoms with Gasteiger partial charge in [-0.3, -0.25) is 4.79 Å². The molecule has 1 aromatic carbocycles. The van der Waals surface area contributed by atoms with Gasteiger partial charge in [0.1, 0.15) is 11.5 Å². The number of rotatable bonds is 3. The molecule has 4 aromatic rings. The third-order valence-corrected chi connectivity index (χ3v) is 4.09. The highest BCUT2D eigenvalue weighted by atomic mass is 19.1. The molecule has 4 rings (SSSR count). The maximum atomic E-state index is 13.8. The van der Waals surface area contributed by atoms with Crippen LogP contribution < -0.4 is 5.32 Å². The van der Waals surface area contributed by atoms with Gasteiger partial charge in [-0.05, 0) is 50.2 Å². The highest BCUT2D eigenvalue weighted by molar-refractivity contribution is 6.05. The molecule has 1 amide bonds. The standard InChI is InChI=1S/C19H16FN5O/c1-11-8-12(2)25(24-11)18-7-6-13(10-21-18)22-19(26)17-9-14-15(20)4-3-5-16(14)23-17/h3-10,23H,1-2H3,(H,22,26). The summed E-state index contributed by atoms with van der Waals surface area (Å²) >= 11 is 0. The summed E-state index contributed by atoms with van der Waals surface area (Å²) in [5, 5.41) is 7.51. The van der Waals surface area contributed by atoms with Crippen molar-refractivity contribution in [3.05, 3.63) is 71.6 Å². The van der Waals surface area contributed by atoms with Crippen LogP contribution in [0.15, 0.2) is 48.7 Å². The summed E-state index contributed by atoms with van der Waals surface area (Å²) in [5.41, 5.74) is 3.29. The first-order valence-electron chi connectivity index (χ1n) is 8.09. The molecule has 0 saturated carbocycles. The Morgan fingerprint density at radius 3 is 2.69 bits per heavy atom. The largest absolute Gasteiger partial charge is 0.350 e. The topological polar surface area (TPSA) is 75.6 Å². The lowest BCUT2D eigenvalue weighted by Gasteiger charge is -2.06. The lowest BCUT2D eigenvalue weighted by molar-refractivity contribution is 0.102. The first kappa shape index (κ1) is 16.0. The Morgan fingerprint density at radius 1 is 1.19 bits per heavy atom. The molecule has 0 aliphatic rings. The van der Waals surface area contributed by atoms with E-state index in [9.17, 15) is 9.18 Å². The second-order valence-corrected chi connectivity index (χ2v) is 6.08. The molecule has 0 saturated heterocycles. The molecule has 0 fully saturated rings. The molecule has 2 N–H and O–H groups in total. The number of carbonyl (C=O) groups is 1. The number of hydrogen-bond acceptors (Lipinski definition) is 3. The predicted octanol–water partition coefficient (Wildman–Crippen LogP) is 3.76. The number of amides is 1. The quantitative estimate of drug-likeness (QED) is 0.591. The van der Waals surface area contributed by atoms with Crippen molar-refractivity contribution < 1.29 is 9.18 Å². The van der Waals surface area contributed by atoms with Gasteiger partial charge in [-0.2, -0.15) is 5.10 Å². The molecular formula is C19H16FN5O.